The van der Waals surface area contributed by atoms with Crippen molar-refractivity contribution in [1.82, 2.24) is 4.90 Å². The minimum atomic E-state index is -0.0597. The summed E-state index contributed by atoms with van der Waals surface area (Å²) in [6.07, 6.45) is 1.84. The third-order valence-electron chi connectivity index (χ3n) is 4.58. The average Bonchev–Trinajstić information content (AvgIpc) is 2.99. The summed E-state index contributed by atoms with van der Waals surface area (Å²) in [7, 11) is 3.20. The third-order valence-corrected chi connectivity index (χ3v) is 6.20. The second-order valence-electron chi connectivity index (χ2n) is 6.57. The summed E-state index contributed by atoms with van der Waals surface area (Å²) in [5.74, 6) is 1.24. The number of aryl methyl sites for hydroxylation is 2. The van der Waals surface area contributed by atoms with Crippen molar-refractivity contribution in [3.63, 3.8) is 0 Å². The van der Waals surface area contributed by atoms with Crippen LogP contribution in [-0.2, 0) is 4.79 Å². The second-order valence-corrected chi connectivity index (χ2v) is 8.44. The Kier molecular flexibility index (Phi) is 6.70. The maximum absolute atomic E-state index is 13.0. The van der Waals surface area contributed by atoms with Crippen molar-refractivity contribution >= 4 is 50.5 Å². The van der Waals surface area contributed by atoms with Crippen molar-refractivity contribution in [2.75, 3.05) is 20.8 Å². The molecule has 0 atom stereocenters. The van der Waals surface area contributed by atoms with Gasteiger partial charge in [-0.05, 0) is 77.8 Å². The first-order chi connectivity index (χ1) is 13.9. The molecular formula is C22H23BrN2O3S. The Bertz CT molecular complexity index is 1020. The van der Waals surface area contributed by atoms with E-state index in [1.165, 1.54) is 11.8 Å². The molecule has 0 N–H and O–H groups in total. The smallest absolute Gasteiger partial charge is 0.266 e. The van der Waals surface area contributed by atoms with E-state index in [1.807, 2.05) is 45.0 Å². The van der Waals surface area contributed by atoms with E-state index in [2.05, 4.69) is 22.0 Å². The summed E-state index contributed by atoms with van der Waals surface area (Å²) in [4.78, 5) is 20.1. The van der Waals surface area contributed by atoms with Crippen molar-refractivity contribution in [3.05, 3.63) is 56.4 Å². The number of thioether (sulfide) groups is 1. The van der Waals surface area contributed by atoms with Crippen LogP contribution in [0.3, 0.4) is 0 Å². The SMILES string of the molecule is CCN1C(=O)/C(=C\c2cc(Br)c(OC)cc2OC)SC1=Nc1cc(C)ccc1C. The summed E-state index contributed by atoms with van der Waals surface area (Å²) in [6.45, 7) is 6.56. The number of nitrogens with zero attached hydrogens (tertiary/aromatic N) is 2. The van der Waals surface area contributed by atoms with E-state index >= 15 is 0 Å². The van der Waals surface area contributed by atoms with Gasteiger partial charge in [-0.25, -0.2) is 4.99 Å². The Morgan fingerprint density at radius 3 is 2.52 bits per heavy atom. The number of amides is 1. The molecule has 1 aliphatic heterocycles. The molecule has 0 bridgehead atoms. The van der Waals surface area contributed by atoms with Gasteiger partial charge in [-0.3, -0.25) is 9.69 Å². The van der Waals surface area contributed by atoms with Crippen LogP contribution in [0.25, 0.3) is 6.08 Å². The lowest BCUT2D eigenvalue weighted by molar-refractivity contribution is -0.122. The molecule has 1 saturated heterocycles. The minimum absolute atomic E-state index is 0.0597. The molecule has 1 amide bonds. The highest BCUT2D eigenvalue weighted by molar-refractivity contribution is 9.10. The molecule has 0 unspecified atom stereocenters. The summed E-state index contributed by atoms with van der Waals surface area (Å²) in [5, 5.41) is 0.684. The molecule has 7 heteroatoms. The quantitative estimate of drug-likeness (QED) is 0.520. The Morgan fingerprint density at radius 2 is 1.86 bits per heavy atom. The molecule has 3 rings (SSSR count). The molecule has 1 fully saturated rings. The minimum Gasteiger partial charge on any atom is -0.496 e. The summed E-state index contributed by atoms with van der Waals surface area (Å²) < 4.78 is 11.6. The maximum Gasteiger partial charge on any atom is 0.266 e. The highest BCUT2D eigenvalue weighted by Gasteiger charge is 2.32. The fraction of sp³-hybridized carbons (Fsp3) is 0.273. The van der Waals surface area contributed by atoms with Gasteiger partial charge in [0.25, 0.3) is 5.91 Å². The number of ether oxygens (including phenoxy) is 2. The second kappa shape index (κ2) is 9.05. The molecule has 1 heterocycles. The van der Waals surface area contributed by atoms with Crippen molar-refractivity contribution < 1.29 is 14.3 Å². The number of benzene rings is 2. The maximum atomic E-state index is 13.0. The lowest BCUT2D eigenvalue weighted by Gasteiger charge is -2.13. The highest BCUT2D eigenvalue weighted by Crippen LogP contribution is 2.38. The normalized spacial score (nSPS) is 16.8. The van der Waals surface area contributed by atoms with Gasteiger partial charge in [-0.2, -0.15) is 0 Å². The standard InChI is InChI=1S/C22H23BrN2O3S/c1-6-25-21(26)20(11-15-10-16(23)19(28-5)12-18(15)27-4)29-22(25)24-17-9-13(2)7-8-14(17)3/h7-12H,6H2,1-5H3/b20-11+,24-22?. The van der Waals surface area contributed by atoms with Gasteiger partial charge in [0, 0.05) is 18.2 Å². The summed E-state index contributed by atoms with van der Waals surface area (Å²) >= 11 is 4.87. The zero-order valence-electron chi connectivity index (χ0n) is 17.1. The van der Waals surface area contributed by atoms with Crippen LogP contribution in [0.2, 0.25) is 0 Å². The molecule has 0 spiro atoms. The Morgan fingerprint density at radius 1 is 1.14 bits per heavy atom. The number of aliphatic imine (C=N–C) groups is 1. The molecular weight excluding hydrogens is 452 g/mol. The molecule has 2 aromatic carbocycles. The summed E-state index contributed by atoms with van der Waals surface area (Å²) in [6, 6.07) is 9.82. The third kappa shape index (κ3) is 4.51. The van der Waals surface area contributed by atoms with E-state index in [-0.39, 0.29) is 5.91 Å². The molecule has 5 nitrogen and oxygen atoms in total. The van der Waals surface area contributed by atoms with E-state index < -0.39 is 0 Å². The van der Waals surface area contributed by atoms with Crippen molar-refractivity contribution in [1.29, 1.82) is 0 Å². The highest BCUT2D eigenvalue weighted by atomic mass is 79.9. The van der Waals surface area contributed by atoms with Crippen LogP contribution in [-0.4, -0.2) is 36.7 Å². The number of hydrogen-bond acceptors (Lipinski definition) is 5. The van der Waals surface area contributed by atoms with Crippen LogP contribution in [0.4, 0.5) is 5.69 Å². The number of methoxy groups -OCH3 is 2. The van der Waals surface area contributed by atoms with Gasteiger partial charge in [-0.15, -0.1) is 0 Å². The molecule has 0 saturated carbocycles. The van der Waals surface area contributed by atoms with E-state index in [0.717, 1.165) is 26.9 Å². The molecule has 1 aliphatic rings. The molecule has 0 radical (unpaired) electrons. The van der Waals surface area contributed by atoms with Gasteiger partial charge >= 0.3 is 0 Å². The first-order valence-electron chi connectivity index (χ1n) is 9.16. The molecule has 152 valence electrons. The van der Waals surface area contributed by atoms with Gasteiger partial charge in [0.15, 0.2) is 5.17 Å². The van der Waals surface area contributed by atoms with Crippen molar-refractivity contribution in [2.45, 2.75) is 20.8 Å². The number of carbonyl (C=O) groups excluding carboxylic acids is 1. The summed E-state index contributed by atoms with van der Waals surface area (Å²) in [5.41, 5.74) is 3.88. The van der Waals surface area contributed by atoms with Gasteiger partial charge in [0.2, 0.25) is 0 Å². The van der Waals surface area contributed by atoms with Gasteiger partial charge in [-0.1, -0.05) is 12.1 Å². The number of carbonyl (C=O) groups is 1. The Hall–Kier alpha value is -2.25. The van der Waals surface area contributed by atoms with Crippen LogP contribution in [0, 0.1) is 13.8 Å². The first kappa shape index (κ1) is 21.5. The topological polar surface area (TPSA) is 51.1 Å². The Labute approximate surface area is 183 Å². The molecule has 29 heavy (non-hydrogen) atoms. The lowest BCUT2D eigenvalue weighted by Crippen LogP contribution is -2.28. The molecule has 0 aliphatic carbocycles. The predicted octanol–water partition coefficient (Wildman–Crippen LogP) is 5.71. The number of amidine groups is 1. The predicted molar refractivity (Wildman–Crippen MR) is 123 cm³/mol. The molecule has 0 aromatic heterocycles. The van der Waals surface area contributed by atoms with Gasteiger partial charge in [0.05, 0.1) is 29.3 Å². The van der Waals surface area contributed by atoms with Crippen LogP contribution >= 0.6 is 27.7 Å². The van der Waals surface area contributed by atoms with Crippen molar-refractivity contribution in [3.8, 4) is 11.5 Å². The fourth-order valence-corrected chi connectivity index (χ4v) is 4.52. The zero-order chi connectivity index (χ0) is 21.1. The van der Waals surface area contributed by atoms with E-state index in [4.69, 9.17) is 14.5 Å². The first-order valence-corrected chi connectivity index (χ1v) is 10.8. The number of likely N-dealkylation sites (N-methyl/N-ethyl adjacent to an activating group) is 1. The molecule has 2 aromatic rings. The monoisotopic (exact) mass is 474 g/mol. The number of rotatable bonds is 5. The van der Waals surface area contributed by atoms with E-state index in [1.54, 1.807) is 25.2 Å². The van der Waals surface area contributed by atoms with Gasteiger partial charge < -0.3 is 9.47 Å². The van der Waals surface area contributed by atoms with E-state index in [0.29, 0.717) is 28.1 Å². The van der Waals surface area contributed by atoms with E-state index in [9.17, 15) is 4.79 Å². The average molecular weight is 475 g/mol. The van der Waals surface area contributed by atoms with Crippen LogP contribution < -0.4 is 9.47 Å². The lowest BCUT2D eigenvalue weighted by atomic mass is 10.1. The van der Waals surface area contributed by atoms with Crippen LogP contribution in [0.15, 0.2) is 44.7 Å². The van der Waals surface area contributed by atoms with Crippen LogP contribution in [0.1, 0.15) is 23.6 Å². The van der Waals surface area contributed by atoms with Crippen LogP contribution in [0.5, 0.6) is 11.5 Å². The fourth-order valence-electron chi connectivity index (χ4n) is 2.95. The van der Waals surface area contributed by atoms with Gasteiger partial charge in [0.1, 0.15) is 11.5 Å². The number of hydrogen-bond donors (Lipinski definition) is 0. The van der Waals surface area contributed by atoms with Crippen molar-refractivity contribution in [2.24, 2.45) is 4.99 Å². The zero-order valence-corrected chi connectivity index (χ0v) is 19.5. The number of halogens is 1. The Balaban J connectivity index is 2.02. The largest absolute Gasteiger partial charge is 0.496 e.